The second-order valence-corrected chi connectivity index (χ2v) is 4.03. The third-order valence-corrected chi connectivity index (χ3v) is 2.35. The second kappa shape index (κ2) is 6.11. The molecule has 7 nitrogen and oxygen atoms in total. The van der Waals surface area contributed by atoms with Gasteiger partial charge in [0, 0.05) is 12.4 Å². The van der Waals surface area contributed by atoms with E-state index in [9.17, 15) is 9.59 Å². The summed E-state index contributed by atoms with van der Waals surface area (Å²) in [7, 11) is 0. The highest BCUT2D eigenvalue weighted by atomic mass is 79.9. The fourth-order valence-corrected chi connectivity index (χ4v) is 1.14. The van der Waals surface area contributed by atoms with E-state index in [1.165, 1.54) is 12.4 Å². The van der Waals surface area contributed by atoms with Gasteiger partial charge in [-0.2, -0.15) is 4.98 Å². The normalized spacial score (nSPS) is 9.24. The van der Waals surface area contributed by atoms with Gasteiger partial charge in [-0.1, -0.05) is 12.2 Å². The van der Waals surface area contributed by atoms with Crippen molar-refractivity contribution in [3.05, 3.63) is 48.5 Å². The zero-order chi connectivity index (χ0) is 12.8. The Kier molecular flexibility index (Phi) is 4.79. The van der Waals surface area contributed by atoms with Crippen LogP contribution < -0.4 is 17.1 Å². The molecule has 0 saturated heterocycles. The van der Waals surface area contributed by atoms with Crippen molar-refractivity contribution in [2.75, 3.05) is 5.73 Å². The van der Waals surface area contributed by atoms with Gasteiger partial charge in [-0.15, -0.1) is 0 Å². The minimum atomic E-state index is -0.435. The highest BCUT2D eigenvalue weighted by Gasteiger charge is 1.93. The van der Waals surface area contributed by atoms with Crippen molar-refractivity contribution in [1.82, 2.24) is 19.9 Å². The molecule has 0 aliphatic rings. The van der Waals surface area contributed by atoms with Gasteiger partial charge in [-0.05, 0) is 22.0 Å². The average molecular weight is 318 g/mol. The van der Waals surface area contributed by atoms with Crippen molar-refractivity contribution in [3.63, 3.8) is 0 Å². The number of hydrogen-bond acceptors (Lipinski definition) is 5. The molecule has 0 aliphatic carbocycles. The van der Waals surface area contributed by atoms with E-state index in [0.29, 0.717) is 9.11 Å². The molecule has 90 valence electrons. The van der Waals surface area contributed by atoms with E-state index in [0.717, 1.165) is 0 Å². The minimum Gasteiger partial charge on any atom is -0.383 e. The van der Waals surface area contributed by atoms with E-state index in [1.807, 2.05) is 0 Å². The molecule has 0 amide bonds. The first-order valence-electron chi connectivity index (χ1n) is 4.28. The van der Waals surface area contributed by atoms with E-state index in [2.05, 4.69) is 48.1 Å². The topological polar surface area (TPSA) is 120 Å². The van der Waals surface area contributed by atoms with E-state index < -0.39 is 5.69 Å². The Morgan fingerprint density at radius 3 is 2.47 bits per heavy atom. The van der Waals surface area contributed by atoms with Crippen LogP contribution in [0.4, 0.5) is 5.82 Å². The highest BCUT2D eigenvalue weighted by Crippen LogP contribution is 2.10. The van der Waals surface area contributed by atoms with Gasteiger partial charge in [-0.25, -0.2) is 9.59 Å². The maximum absolute atomic E-state index is 10.4. The van der Waals surface area contributed by atoms with Crippen LogP contribution in [0.25, 0.3) is 0 Å². The van der Waals surface area contributed by atoms with Gasteiger partial charge < -0.3 is 15.7 Å². The lowest BCUT2D eigenvalue weighted by molar-refractivity contribution is 1.06. The van der Waals surface area contributed by atoms with E-state index >= 15 is 0 Å². The Labute approximate surface area is 108 Å². The van der Waals surface area contributed by atoms with Gasteiger partial charge in [-0.3, -0.25) is 4.98 Å². The van der Waals surface area contributed by atoms with Crippen LogP contribution in [0.2, 0.25) is 0 Å². The molecule has 0 radical (unpaired) electrons. The summed E-state index contributed by atoms with van der Waals surface area (Å²) in [4.78, 5) is 31.2. The van der Waals surface area contributed by atoms with Crippen molar-refractivity contribution in [1.29, 1.82) is 0 Å². The molecule has 0 unspecified atom stereocenters. The summed E-state index contributed by atoms with van der Waals surface area (Å²) in [6.45, 7) is 0. The van der Waals surface area contributed by atoms with Crippen molar-refractivity contribution < 1.29 is 0 Å². The molecule has 0 aromatic carbocycles. The van der Waals surface area contributed by atoms with Crippen molar-refractivity contribution in [2.24, 2.45) is 0 Å². The summed E-state index contributed by atoms with van der Waals surface area (Å²) in [5, 5.41) is 0. The van der Waals surface area contributed by atoms with Crippen molar-refractivity contribution >= 4 is 34.0 Å². The number of aromatic amines is 3. The predicted molar refractivity (Wildman–Crippen MR) is 69.2 cm³/mol. The van der Waals surface area contributed by atoms with Crippen LogP contribution in [0.5, 0.6) is 0 Å². The summed E-state index contributed by atoms with van der Waals surface area (Å²) in [5.41, 5.74) is 4.54. The van der Waals surface area contributed by atoms with Gasteiger partial charge in [0.2, 0.25) is 0 Å². The van der Waals surface area contributed by atoms with E-state index in [-0.39, 0.29) is 11.5 Å². The smallest absolute Gasteiger partial charge is 0.346 e. The number of hydrogen-bond donors (Lipinski definition) is 4. The average Bonchev–Trinajstić information content (AvgIpc) is 2.24. The molecule has 0 bridgehead atoms. The van der Waals surface area contributed by atoms with Crippen LogP contribution in [0.15, 0.2) is 32.5 Å². The van der Waals surface area contributed by atoms with Gasteiger partial charge in [0.25, 0.3) is 0 Å². The van der Waals surface area contributed by atoms with Crippen molar-refractivity contribution in [2.45, 2.75) is 0 Å². The molecule has 2 aromatic heterocycles. The first kappa shape index (κ1) is 13.3. The number of aromatic nitrogens is 4. The molecule has 2 rings (SSSR count). The Hall–Kier alpha value is -1.74. The fourth-order valence-electron chi connectivity index (χ4n) is 0.777. The fraction of sp³-hybridized carbons (Fsp3) is 0. The standard InChI is InChI=1S/C4H4BrN3O.C4H4N2OS/c5-2-1-7-4(9)8-3(2)6;7-4-5-2-1-3(8)6-4/h1H,(H3,6,7,8,9);1-2H,(H2,5,6,7,8). The molecule has 0 spiro atoms. The molecular weight excluding hydrogens is 310 g/mol. The monoisotopic (exact) mass is 317 g/mol. The Morgan fingerprint density at radius 2 is 2.06 bits per heavy atom. The second-order valence-electron chi connectivity index (χ2n) is 2.73. The number of halogens is 1. The lowest BCUT2D eigenvalue weighted by atomic mass is 10.6. The molecule has 0 saturated carbocycles. The molecule has 0 aliphatic heterocycles. The lowest BCUT2D eigenvalue weighted by Gasteiger charge is -1.90. The third kappa shape index (κ3) is 4.74. The summed E-state index contributed by atoms with van der Waals surface area (Å²) < 4.78 is 1.05. The molecule has 5 N–H and O–H groups in total. The first-order valence-corrected chi connectivity index (χ1v) is 5.48. The van der Waals surface area contributed by atoms with Crippen LogP contribution in [0.1, 0.15) is 0 Å². The molecule has 9 heteroatoms. The van der Waals surface area contributed by atoms with Gasteiger partial charge in [0.1, 0.15) is 10.5 Å². The van der Waals surface area contributed by atoms with Crippen LogP contribution in [0.3, 0.4) is 0 Å². The third-order valence-electron chi connectivity index (χ3n) is 1.47. The van der Waals surface area contributed by atoms with Crippen LogP contribution in [-0.4, -0.2) is 19.9 Å². The lowest BCUT2D eigenvalue weighted by Crippen LogP contribution is -2.11. The number of nitrogen functional groups attached to an aromatic ring is 1. The first-order chi connectivity index (χ1) is 7.99. The summed E-state index contributed by atoms with van der Waals surface area (Å²) in [6, 6.07) is 1.61. The number of nitrogens with two attached hydrogens (primary N) is 1. The number of nitrogens with one attached hydrogen (secondary N) is 3. The Bertz CT molecular complexity index is 636. The van der Waals surface area contributed by atoms with E-state index in [4.69, 9.17) is 5.73 Å². The van der Waals surface area contributed by atoms with Crippen LogP contribution in [0, 0.1) is 4.64 Å². The highest BCUT2D eigenvalue weighted by molar-refractivity contribution is 9.10. The molecular formula is C8H8BrN5O2S. The maximum atomic E-state index is 10.4. The zero-order valence-corrected chi connectivity index (χ0v) is 10.8. The zero-order valence-electron chi connectivity index (χ0n) is 8.36. The van der Waals surface area contributed by atoms with Gasteiger partial charge in [0.15, 0.2) is 0 Å². The number of nitrogens with zero attached hydrogens (tertiary/aromatic N) is 1. The number of rotatable bonds is 0. The quantitative estimate of drug-likeness (QED) is 0.529. The maximum Gasteiger partial charge on any atom is 0.346 e. The largest absolute Gasteiger partial charge is 0.383 e. The Balaban J connectivity index is 0.000000171. The molecule has 0 atom stereocenters. The summed E-state index contributed by atoms with van der Waals surface area (Å²) >= 11 is 7.70. The van der Waals surface area contributed by atoms with Gasteiger partial charge in [0.05, 0.1) is 4.47 Å². The summed E-state index contributed by atoms with van der Waals surface area (Å²) in [6.07, 6.45) is 2.95. The van der Waals surface area contributed by atoms with Crippen molar-refractivity contribution in [3.8, 4) is 0 Å². The number of H-pyrrole nitrogens is 3. The molecule has 17 heavy (non-hydrogen) atoms. The molecule has 2 aromatic rings. The minimum absolute atomic E-state index is 0.207. The summed E-state index contributed by atoms with van der Waals surface area (Å²) in [5.74, 6) is 0.207. The SMILES string of the molecule is Nc1nc(=O)[nH]cc1Br.O=c1[nH]ccc(=S)[nH]1. The molecule has 0 fully saturated rings. The molecule has 2 heterocycles. The number of anilines is 1. The predicted octanol–water partition coefficient (Wildman–Crippen LogP) is 0.547. The van der Waals surface area contributed by atoms with Gasteiger partial charge >= 0.3 is 11.4 Å². The van der Waals surface area contributed by atoms with Crippen LogP contribution >= 0.6 is 28.1 Å². The Morgan fingerprint density at radius 1 is 1.35 bits per heavy atom. The van der Waals surface area contributed by atoms with Crippen LogP contribution in [-0.2, 0) is 0 Å². The van der Waals surface area contributed by atoms with E-state index in [1.54, 1.807) is 6.07 Å².